The first-order valence-electron chi connectivity index (χ1n) is 12.3. The molecule has 2 aromatic rings. The van der Waals surface area contributed by atoms with Crippen LogP contribution in [0.2, 0.25) is 0 Å². The molecule has 1 fully saturated rings. The lowest BCUT2D eigenvalue weighted by Crippen LogP contribution is -2.33. The number of hydrogen-bond acceptors (Lipinski definition) is 7. The quantitative estimate of drug-likeness (QED) is 0.577. The van der Waals surface area contributed by atoms with Crippen LogP contribution in [-0.2, 0) is 16.1 Å². The Morgan fingerprint density at radius 3 is 2.89 bits per heavy atom. The predicted molar refractivity (Wildman–Crippen MR) is 133 cm³/mol. The molecule has 0 bridgehead atoms. The van der Waals surface area contributed by atoms with E-state index in [1.54, 1.807) is 7.11 Å². The van der Waals surface area contributed by atoms with Gasteiger partial charge in [-0.15, -0.1) is 0 Å². The van der Waals surface area contributed by atoms with Gasteiger partial charge in [0.15, 0.2) is 6.61 Å². The van der Waals surface area contributed by atoms with Gasteiger partial charge in [0.1, 0.15) is 23.3 Å². The number of carbonyl (C=O) groups is 1. The van der Waals surface area contributed by atoms with Crippen molar-refractivity contribution in [3.63, 3.8) is 0 Å². The fourth-order valence-corrected chi connectivity index (χ4v) is 5.41. The highest BCUT2D eigenvalue weighted by molar-refractivity contribution is 5.95. The van der Waals surface area contributed by atoms with Gasteiger partial charge in [0, 0.05) is 30.4 Å². The molecule has 1 atom stereocenters. The summed E-state index contributed by atoms with van der Waals surface area (Å²) in [6.45, 7) is 0.873. The van der Waals surface area contributed by atoms with Crippen LogP contribution in [-0.4, -0.2) is 36.8 Å². The molecule has 0 saturated heterocycles. The number of nitrogens with zero attached hydrogens (tertiary/aromatic N) is 1. The summed E-state index contributed by atoms with van der Waals surface area (Å²) in [5.41, 5.74) is 4.84. The summed E-state index contributed by atoms with van der Waals surface area (Å²) in [6.07, 6.45) is 9.96. The van der Waals surface area contributed by atoms with E-state index in [9.17, 15) is 4.79 Å². The molecule has 0 spiro atoms. The number of ether oxygens (including phenoxy) is 3. The normalized spacial score (nSPS) is 24.4. The highest BCUT2D eigenvalue weighted by Gasteiger charge is 2.32. The number of allylic oxidation sites excluding steroid dienone is 1. The summed E-state index contributed by atoms with van der Waals surface area (Å²) >= 11 is 0. The molecule has 1 aliphatic carbocycles. The van der Waals surface area contributed by atoms with Gasteiger partial charge >= 0.3 is 0 Å². The zero-order chi connectivity index (χ0) is 23.8. The Labute approximate surface area is 204 Å². The Kier molecular flexibility index (Phi) is 5.82. The van der Waals surface area contributed by atoms with E-state index < -0.39 is 0 Å². The monoisotopic (exact) mass is 474 g/mol. The largest absolute Gasteiger partial charge is 0.484 e. The lowest BCUT2D eigenvalue weighted by molar-refractivity contribution is -0.118. The Morgan fingerprint density at radius 1 is 1.14 bits per heavy atom. The molecular weight excluding hydrogens is 444 g/mol. The van der Waals surface area contributed by atoms with E-state index in [1.807, 2.05) is 30.5 Å². The smallest absolute Gasteiger partial charge is 0.262 e. The van der Waals surface area contributed by atoms with Gasteiger partial charge in [-0.25, -0.2) is 4.98 Å². The summed E-state index contributed by atoms with van der Waals surface area (Å²) in [5, 5.41) is 9.86. The minimum atomic E-state index is -0.102. The second-order valence-electron chi connectivity index (χ2n) is 9.64. The summed E-state index contributed by atoms with van der Waals surface area (Å²) in [4.78, 5) is 16.2. The van der Waals surface area contributed by atoms with Crippen LogP contribution in [0.1, 0.15) is 43.4 Å². The number of amides is 1. The molecule has 0 radical (unpaired) electrons. The predicted octanol–water partition coefficient (Wildman–Crippen LogP) is 4.21. The molecule has 1 aromatic carbocycles. The number of benzene rings is 1. The van der Waals surface area contributed by atoms with E-state index in [-0.39, 0.29) is 18.6 Å². The van der Waals surface area contributed by atoms with Crippen LogP contribution < -0.4 is 25.4 Å². The highest BCUT2D eigenvalue weighted by Crippen LogP contribution is 2.41. The van der Waals surface area contributed by atoms with Gasteiger partial charge in [-0.2, -0.15) is 0 Å². The number of fused-ring (bicyclic) bond motifs is 4. The first kappa shape index (κ1) is 22.0. The van der Waals surface area contributed by atoms with Crippen LogP contribution in [0.15, 0.2) is 48.4 Å². The molecular formula is C27H30N4O4. The summed E-state index contributed by atoms with van der Waals surface area (Å²) in [6, 6.07) is 10.4. The average molecular weight is 475 g/mol. The third-order valence-electron chi connectivity index (χ3n) is 7.27. The summed E-state index contributed by atoms with van der Waals surface area (Å²) in [5.74, 6) is 2.76. The summed E-state index contributed by atoms with van der Waals surface area (Å²) < 4.78 is 17.0. The van der Waals surface area contributed by atoms with E-state index in [0.717, 1.165) is 65.5 Å². The van der Waals surface area contributed by atoms with Crippen molar-refractivity contribution in [1.29, 1.82) is 0 Å². The molecule has 1 unspecified atom stereocenters. The van der Waals surface area contributed by atoms with Gasteiger partial charge in [-0.1, -0.05) is 6.07 Å². The Hall–Kier alpha value is -3.52. The van der Waals surface area contributed by atoms with Crippen molar-refractivity contribution in [3.8, 4) is 11.6 Å². The molecule has 35 heavy (non-hydrogen) atoms. The van der Waals surface area contributed by atoms with E-state index in [1.165, 1.54) is 12.8 Å². The maximum atomic E-state index is 11.6. The fourth-order valence-electron chi connectivity index (χ4n) is 5.41. The van der Waals surface area contributed by atoms with Crippen molar-refractivity contribution >= 4 is 22.9 Å². The topological polar surface area (TPSA) is 93.7 Å². The molecule has 6 rings (SSSR count). The Balaban J connectivity index is 1.01. The van der Waals surface area contributed by atoms with Gasteiger partial charge in [-0.05, 0) is 67.9 Å². The molecule has 4 aliphatic rings. The first-order valence-corrected chi connectivity index (χ1v) is 12.3. The number of pyridine rings is 1. The molecule has 1 aromatic heterocycles. The van der Waals surface area contributed by atoms with Crippen molar-refractivity contribution in [3.05, 3.63) is 59.6 Å². The van der Waals surface area contributed by atoms with Gasteiger partial charge in [0.05, 0.1) is 18.5 Å². The Bertz CT molecular complexity index is 1200. The average Bonchev–Trinajstić information content (AvgIpc) is 3.30. The molecule has 3 N–H and O–H groups in total. The van der Waals surface area contributed by atoms with E-state index >= 15 is 0 Å². The van der Waals surface area contributed by atoms with E-state index in [4.69, 9.17) is 14.2 Å². The third kappa shape index (κ3) is 4.58. The van der Waals surface area contributed by atoms with Crippen molar-refractivity contribution in [2.45, 2.75) is 50.8 Å². The van der Waals surface area contributed by atoms with Crippen molar-refractivity contribution < 1.29 is 19.0 Å². The van der Waals surface area contributed by atoms with E-state index in [2.05, 4.69) is 33.1 Å². The number of carbonyl (C=O) groups excluding carboxylic acids is 1. The highest BCUT2D eigenvalue weighted by atomic mass is 16.5. The zero-order valence-corrected chi connectivity index (χ0v) is 19.8. The minimum Gasteiger partial charge on any atom is -0.484 e. The molecule has 1 amide bonds. The maximum Gasteiger partial charge on any atom is 0.262 e. The van der Waals surface area contributed by atoms with Crippen LogP contribution in [0.4, 0.5) is 11.4 Å². The van der Waals surface area contributed by atoms with Gasteiger partial charge < -0.3 is 30.2 Å². The molecule has 8 nitrogen and oxygen atoms in total. The number of aromatic nitrogens is 1. The van der Waals surface area contributed by atoms with Crippen molar-refractivity contribution in [1.82, 2.24) is 10.3 Å². The number of nitrogens with one attached hydrogen (secondary N) is 3. The van der Waals surface area contributed by atoms with Crippen molar-refractivity contribution in [2.75, 3.05) is 24.4 Å². The van der Waals surface area contributed by atoms with Gasteiger partial charge in [-0.3, -0.25) is 4.79 Å². The van der Waals surface area contributed by atoms with Crippen LogP contribution >= 0.6 is 0 Å². The molecule has 8 heteroatoms. The van der Waals surface area contributed by atoms with Crippen LogP contribution in [0, 0.1) is 5.92 Å². The van der Waals surface area contributed by atoms with Gasteiger partial charge in [0.25, 0.3) is 5.91 Å². The number of anilines is 2. The molecule has 3 aliphatic heterocycles. The fraction of sp³-hybridized carbons (Fsp3) is 0.407. The van der Waals surface area contributed by atoms with Gasteiger partial charge in [0.2, 0.25) is 5.88 Å². The first-order chi connectivity index (χ1) is 17.1. The van der Waals surface area contributed by atoms with Crippen LogP contribution in [0.5, 0.6) is 11.6 Å². The Morgan fingerprint density at radius 2 is 2.03 bits per heavy atom. The number of rotatable bonds is 6. The lowest BCUT2D eigenvalue weighted by Gasteiger charge is -2.30. The minimum absolute atomic E-state index is 0.0828. The van der Waals surface area contributed by atoms with Crippen molar-refractivity contribution in [2.24, 2.45) is 5.92 Å². The molecule has 182 valence electrons. The third-order valence-corrected chi connectivity index (χ3v) is 7.27. The van der Waals surface area contributed by atoms with E-state index in [0.29, 0.717) is 17.8 Å². The molecule has 1 saturated carbocycles. The van der Waals surface area contributed by atoms with Crippen LogP contribution in [0.3, 0.4) is 0 Å². The zero-order valence-electron chi connectivity index (χ0n) is 19.8. The maximum absolute atomic E-state index is 11.6. The SMILES string of the molecule is COc1ccc2c(n1)C1=CC(CC3CCC(NCc4ccc5c(c4)NC(=O)CO5)CC3)OC1=CN2. The lowest BCUT2D eigenvalue weighted by atomic mass is 9.82. The molecule has 4 heterocycles. The second kappa shape index (κ2) is 9.26. The standard InChI is InChI=1S/C27H30N4O4/c1-33-26-9-7-21-27(31-26)20-12-19(35-24(20)14-29-21)10-16-2-5-18(6-3-16)28-13-17-4-8-23-22(11-17)30-25(32)15-34-23/h4,7-9,11-12,14,16,18-19,28-29H,2-3,5-6,10,13,15H2,1H3,(H,30,32). The summed E-state index contributed by atoms with van der Waals surface area (Å²) in [7, 11) is 1.64. The van der Waals surface area contributed by atoms with Crippen LogP contribution in [0.25, 0.3) is 5.57 Å². The number of hydrogen-bond donors (Lipinski definition) is 3. The second-order valence-corrected chi connectivity index (χ2v) is 9.64. The number of methoxy groups -OCH3 is 1.